The first-order chi connectivity index (χ1) is 6.68. The second kappa shape index (κ2) is 3.46. The molecule has 1 N–H and O–H groups in total. The maximum atomic E-state index is 11.8. The Balaban J connectivity index is 2.13. The molecule has 1 aliphatic rings. The molecule has 0 bridgehead atoms. The van der Waals surface area contributed by atoms with E-state index in [4.69, 9.17) is 4.42 Å². The number of carbonyl (C=O) groups excluding carboxylic acids is 1. The van der Waals surface area contributed by atoms with Crippen molar-refractivity contribution in [1.29, 1.82) is 0 Å². The standard InChI is InChI=1S/C10H13NO3/c1-7-3-5-14-9(7)10(13)11-4-2-8(12)6-11/h3,5,8,12H,2,4,6H2,1H3/t8-/m1/s1. The monoisotopic (exact) mass is 195 g/mol. The Morgan fingerprint density at radius 2 is 2.50 bits per heavy atom. The van der Waals surface area contributed by atoms with Gasteiger partial charge in [0.25, 0.3) is 5.91 Å². The van der Waals surface area contributed by atoms with Gasteiger partial charge in [0.05, 0.1) is 12.4 Å². The fourth-order valence-corrected chi connectivity index (χ4v) is 1.66. The minimum Gasteiger partial charge on any atom is -0.459 e. The van der Waals surface area contributed by atoms with Crippen LogP contribution < -0.4 is 0 Å². The van der Waals surface area contributed by atoms with Crippen molar-refractivity contribution in [2.24, 2.45) is 0 Å². The predicted molar refractivity (Wildman–Crippen MR) is 50.0 cm³/mol. The van der Waals surface area contributed by atoms with Gasteiger partial charge in [0.2, 0.25) is 0 Å². The van der Waals surface area contributed by atoms with Crippen molar-refractivity contribution in [3.8, 4) is 0 Å². The molecule has 2 heterocycles. The van der Waals surface area contributed by atoms with Gasteiger partial charge in [-0.3, -0.25) is 4.79 Å². The summed E-state index contributed by atoms with van der Waals surface area (Å²) in [5.41, 5.74) is 0.844. The van der Waals surface area contributed by atoms with Crippen molar-refractivity contribution in [2.45, 2.75) is 19.4 Å². The third-order valence-electron chi connectivity index (χ3n) is 2.51. The number of aliphatic hydroxyl groups is 1. The molecular formula is C10H13NO3. The van der Waals surface area contributed by atoms with Crippen molar-refractivity contribution in [3.63, 3.8) is 0 Å². The van der Waals surface area contributed by atoms with Gasteiger partial charge in [-0.15, -0.1) is 0 Å². The molecule has 0 spiro atoms. The van der Waals surface area contributed by atoms with E-state index < -0.39 is 0 Å². The van der Waals surface area contributed by atoms with Gasteiger partial charge in [-0.05, 0) is 19.4 Å². The fraction of sp³-hybridized carbons (Fsp3) is 0.500. The van der Waals surface area contributed by atoms with E-state index >= 15 is 0 Å². The summed E-state index contributed by atoms with van der Waals surface area (Å²) < 4.78 is 5.10. The number of rotatable bonds is 1. The largest absolute Gasteiger partial charge is 0.459 e. The predicted octanol–water partition coefficient (Wildman–Crippen LogP) is 0.795. The molecule has 1 aliphatic heterocycles. The molecule has 1 aromatic rings. The highest BCUT2D eigenvalue weighted by molar-refractivity contribution is 5.93. The molecule has 0 saturated carbocycles. The van der Waals surface area contributed by atoms with Crippen LogP contribution in [0.15, 0.2) is 16.7 Å². The second-order valence-electron chi connectivity index (χ2n) is 3.63. The highest BCUT2D eigenvalue weighted by Crippen LogP contribution is 2.16. The van der Waals surface area contributed by atoms with E-state index in [2.05, 4.69) is 0 Å². The molecule has 76 valence electrons. The Kier molecular flexibility index (Phi) is 2.29. The van der Waals surface area contributed by atoms with Gasteiger partial charge in [0, 0.05) is 18.7 Å². The third-order valence-corrected chi connectivity index (χ3v) is 2.51. The SMILES string of the molecule is Cc1ccoc1C(=O)N1CC[C@@H](O)C1. The highest BCUT2D eigenvalue weighted by Gasteiger charge is 2.27. The first-order valence-electron chi connectivity index (χ1n) is 4.70. The van der Waals surface area contributed by atoms with Gasteiger partial charge in [0.1, 0.15) is 0 Å². The summed E-state index contributed by atoms with van der Waals surface area (Å²) in [5, 5.41) is 9.29. The Labute approximate surface area is 82.1 Å². The van der Waals surface area contributed by atoms with Crippen molar-refractivity contribution >= 4 is 5.91 Å². The lowest BCUT2D eigenvalue weighted by Crippen LogP contribution is -2.29. The van der Waals surface area contributed by atoms with Crippen molar-refractivity contribution in [3.05, 3.63) is 23.7 Å². The zero-order valence-corrected chi connectivity index (χ0v) is 8.06. The first kappa shape index (κ1) is 9.27. The molecule has 1 atom stereocenters. The molecule has 14 heavy (non-hydrogen) atoms. The second-order valence-corrected chi connectivity index (χ2v) is 3.63. The number of aliphatic hydroxyl groups excluding tert-OH is 1. The average Bonchev–Trinajstić information content (AvgIpc) is 2.73. The summed E-state index contributed by atoms with van der Waals surface area (Å²) in [6.45, 7) is 2.86. The average molecular weight is 195 g/mol. The van der Waals surface area contributed by atoms with Gasteiger partial charge in [-0.25, -0.2) is 0 Å². The molecular weight excluding hydrogens is 182 g/mol. The smallest absolute Gasteiger partial charge is 0.289 e. The molecule has 4 nitrogen and oxygen atoms in total. The summed E-state index contributed by atoms with van der Waals surface area (Å²) in [6, 6.07) is 1.76. The van der Waals surface area contributed by atoms with Crippen LogP contribution in [0.2, 0.25) is 0 Å². The van der Waals surface area contributed by atoms with Gasteiger partial charge in [-0.2, -0.15) is 0 Å². The number of furan rings is 1. The summed E-state index contributed by atoms with van der Waals surface area (Å²) in [5.74, 6) is 0.267. The summed E-state index contributed by atoms with van der Waals surface area (Å²) in [4.78, 5) is 13.4. The van der Waals surface area contributed by atoms with Crippen LogP contribution >= 0.6 is 0 Å². The number of nitrogens with zero attached hydrogens (tertiary/aromatic N) is 1. The minimum absolute atomic E-state index is 0.121. The van der Waals surface area contributed by atoms with Crippen LogP contribution in [-0.2, 0) is 0 Å². The zero-order chi connectivity index (χ0) is 10.1. The molecule has 2 rings (SSSR count). The van der Waals surface area contributed by atoms with E-state index in [1.165, 1.54) is 6.26 Å². The van der Waals surface area contributed by atoms with Gasteiger partial charge < -0.3 is 14.4 Å². The van der Waals surface area contributed by atoms with Crippen molar-refractivity contribution in [2.75, 3.05) is 13.1 Å². The topological polar surface area (TPSA) is 53.7 Å². The number of likely N-dealkylation sites (tertiary alicyclic amines) is 1. The molecule has 0 aromatic carbocycles. The van der Waals surface area contributed by atoms with E-state index in [-0.39, 0.29) is 12.0 Å². The van der Waals surface area contributed by atoms with Crippen LogP contribution in [-0.4, -0.2) is 35.1 Å². The van der Waals surface area contributed by atoms with Crippen LogP contribution in [0.4, 0.5) is 0 Å². The van der Waals surface area contributed by atoms with Crippen LogP contribution in [0.3, 0.4) is 0 Å². The molecule has 0 radical (unpaired) electrons. The van der Waals surface area contributed by atoms with Gasteiger partial charge in [-0.1, -0.05) is 0 Å². The normalized spacial score (nSPS) is 21.6. The maximum Gasteiger partial charge on any atom is 0.289 e. The van der Waals surface area contributed by atoms with Crippen molar-refractivity contribution in [1.82, 2.24) is 4.90 Å². The summed E-state index contributed by atoms with van der Waals surface area (Å²) in [6.07, 6.45) is 1.79. The Morgan fingerprint density at radius 1 is 1.71 bits per heavy atom. The molecule has 0 unspecified atom stereocenters. The first-order valence-corrected chi connectivity index (χ1v) is 4.70. The number of β-amino-alcohol motifs (C(OH)–C–C–N with tert-alkyl or cyclic N) is 1. The van der Waals surface area contributed by atoms with E-state index in [1.807, 2.05) is 6.92 Å². The Hall–Kier alpha value is -1.29. The number of carbonyl (C=O) groups is 1. The minimum atomic E-state index is -0.380. The highest BCUT2D eigenvalue weighted by atomic mass is 16.3. The lowest BCUT2D eigenvalue weighted by Gasteiger charge is -2.13. The van der Waals surface area contributed by atoms with Gasteiger partial charge in [0.15, 0.2) is 5.76 Å². The van der Waals surface area contributed by atoms with Crippen LogP contribution in [0.5, 0.6) is 0 Å². The van der Waals surface area contributed by atoms with E-state index in [9.17, 15) is 9.90 Å². The molecule has 1 fully saturated rings. The number of hydrogen-bond acceptors (Lipinski definition) is 3. The number of aryl methyl sites for hydroxylation is 1. The van der Waals surface area contributed by atoms with E-state index in [1.54, 1.807) is 11.0 Å². The third kappa shape index (κ3) is 1.53. The molecule has 1 saturated heterocycles. The molecule has 0 aliphatic carbocycles. The maximum absolute atomic E-state index is 11.8. The number of hydrogen-bond donors (Lipinski definition) is 1. The molecule has 1 aromatic heterocycles. The Bertz CT molecular complexity index is 345. The zero-order valence-electron chi connectivity index (χ0n) is 8.06. The molecule has 1 amide bonds. The number of amides is 1. The lowest BCUT2D eigenvalue weighted by atomic mass is 10.2. The van der Waals surface area contributed by atoms with E-state index in [0.717, 1.165) is 5.56 Å². The lowest BCUT2D eigenvalue weighted by molar-refractivity contribution is 0.0733. The Morgan fingerprint density at radius 3 is 3.00 bits per heavy atom. The fourth-order valence-electron chi connectivity index (χ4n) is 1.66. The van der Waals surface area contributed by atoms with Crippen LogP contribution in [0.1, 0.15) is 22.5 Å². The van der Waals surface area contributed by atoms with Crippen LogP contribution in [0, 0.1) is 6.92 Å². The molecule has 4 heteroatoms. The van der Waals surface area contributed by atoms with E-state index in [0.29, 0.717) is 25.3 Å². The van der Waals surface area contributed by atoms with Crippen LogP contribution in [0.25, 0.3) is 0 Å². The quantitative estimate of drug-likeness (QED) is 0.721. The van der Waals surface area contributed by atoms with Crippen molar-refractivity contribution < 1.29 is 14.3 Å². The van der Waals surface area contributed by atoms with Gasteiger partial charge >= 0.3 is 0 Å². The summed E-state index contributed by atoms with van der Waals surface area (Å²) >= 11 is 0. The summed E-state index contributed by atoms with van der Waals surface area (Å²) in [7, 11) is 0.